The van der Waals surface area contributed by atoms with E-state index in [2.05, 4.69) is 20.6 Å². The molecule has 1 atom stereocenters. The molecule has 1 amide bonds. The molecule has 2 aromatic heterocycles. The lowest BCUT2D eigenvalue weighted by Gasteiger charge is -2.20. The van der Waals surface area contributed by atoms with Gasteiger partial charge in [0.25, 0.3) is 0 Å². The van der Waals surface area contributed by atoms with Crippen LogP contribution in [0.5, 0.6) is 0 Å². The lowest BCUT2D eigenvalue weighted by Crippen LogP contribution is -2.30. The lowest BCUT2D eigenvalue weighted by molar-refractivity contribution is -0.119. The van der Waals surface area contributed by atoms with Gasteiger partial charge in [0, 0.05) is 5.02 Å². The predicted molar refractivity (Wildman–Crippen MR) is 114 cm³/mol. The van der Waals surface area contributed by atoms with E-state index >= 15 is 0 Å². The van der Waals surface area contributed by atoms with Crippen LogP contribution in [-0.4, -0.2) is 31.5 Å². The summed E-state index contributed by atoms with van der Waals surface area (Å²) in [6.07, 6.45) is 0. The van der Waals surface area contributed by atoms with Gasteiger partial charge in [-0.05, 0) is 42.3 Å². The van der Waals surface area contributed by atoms with Gasteiger partial charge in [0.1, 0.15) is 5.03 Å². The molecule has 6 nitrogen and oxygen atoms in total. The summed E-state index contributed by atoms with van der Waals surface area (Å²) < 4.78 is 1.67. The molecule has 0 spiro atoms. The predicted octanol–water partition coefficient (Wildman–Crippen LogP) is 4.08. The molecule has 0 fully saturated rings. The summed E-state index contributed by atoms with van der Waals surface area (Å²) in [5.41, 5.74) is 2.66. The number of aromatic nitrogens is 4. The van der Waals surface area contributed by atoms with Crippen molar-refractivity contribution in [3.05, 3.63) is 88.7 Å². The van der Waals surface area contributed by atoms with Crippen LogP contribution in [0.15, 0.2) is 71.8 Å². The van der Waals surface area contributed by atoms with Crippen LogP contribution in [0.25, 0.3) is 5.65 Å². The molecule has 0 saturated heterocycles. The van der Waals surface area contributed by atoms with Gasteiger partial charge in [-0.25, -0.2) is 0 Å². The minimum atomic E-state index is -0.253. The van der Waals surface area contributed by atoms with Gasteiger partial charge >= 0.3 is 0 Å². The van der Waals surface area contributed by atoms with E-state index in [-0.39, 0.29) is 17.7 Å². The van der Waals surface area contributed by atoms with Crippen molar-refractivity contribution in [3.63, 3.8) is 0 Å². The van der Waals surface area contributed by atoms with E-state index in [1.165, 1.54) is 11.8 Å². The maximum atomic E-state index is 12.7. The Morgan fingerprint density at radius 2 is 1.76 bits per heavy atom. The first-order chi connectivity index (χ1) is 14.1. The second-order valence-corrected chi connectivity index (χ2v) is 7.87. The van der Waals surface area contributed by atoms with Crippen molar-refractivity contribution in [3.8, 4) is 0 Å². The van der Waals surface area contributed by atoms with Crippen LogP contribution < -0.4 is 5.32 Å². The average molecular weight is 424 g/mol. The van der Waals surface area contributed by atoms with Crippen molar-refractivity contribution in [2.75, 3.05) is 5.75 Å². The van der Waals surface area contributed by atoms with Gasteiger partial charge in [0.15, 0.2) is 11.5 Å². The van der Waals surface area contributed by atoms with Gasteiger partial charge in [-0.2, -0.15) is 9.61 Å². The van der Waals surface area contributed by atoms with Crippen molar-refractivity contribution < 1.29 is 4.79 Å². The standard InChI is InChI=1S/C21H18ClN5OS/c1-14-24-25-18-11-12-20(26-27(14)18)29-13-19(28)23-21(15-5-3-2-4-6-15)16-7-9-17(22)10-8-16/h2-12,21H,13H2,1H3,(H,23,28). The maximum absolute atomic E-state index is 12.7. The Bertz CT molecular complexity index is 1130. The third-order valence-electron chi connectivity index (χ3n) is 4.39. The Balaban J connectivity index is 1.48. The van der Waals surface area contributed by atoms with E-state index in [0.29, 0.717) is 16.5 Å². The number of hydrogen-bond acceptors (Lipinski definition) is 5. The van der Waals surface area contributed by atoms with Crippen LogP contribution in [0.2, 0.25) is 5.02 Å². The molecule has 4 rings (SSSR count). The fourth-order valence-electron chi connectivity index (χ4n) is 2.96. The zero-order valence-electron chi connectivity index (χ0n) is 15.6. The number of nitrogens with one attached hydrogen (secondary N) is 1. The zero-order valence-corrected chi connectivity index (χ0v) is 17.2. The van der Waals surface area contributed by atoms with Crippen molar-refractivity contribution in [2.24, 2.45) is 0 Å². The van der Waals surface area contributed by atoms with Crippen molar-refractivity contribution in [2.45, 2.75) is 18.0 Å². The zero-order chi connectivity index (χ0) is 20.2. The molecule has 29 heavy (non-hydrogen) atoms. The van der Waals surface area contributed by atoms with Crippen LogP contribution in [0.1, 0.15) is 23.0 Å². The van der Waals surface area contributed by atoms with E-state index in [4.69, 9.17) is 11.6 Å². The third-order valence-corrected chi connectivity index (χ3v) is 5.56. The van der Waals surface area contributed by atoms with Gasteiger partial charge in [0.05, 0.1) is 11.8 Å². The molecule has 0 aliphatic heterocycles. The first-order valence-electron chi connectivity index (χ1n) is 9.02. The Labute approximate surface area is 177 Å². The molecule has 4 aromatic rings. The Kier molecular flexibility index (Phi) is 5.78. The second kappa shape index (κ2) is 8.63. The lowest BCUT2D eigenvalue weighted by atomic mass is 9.99. The minimum absolute atomic E-state index is 0.0822. The maximum Gasteiger partial charge on any atom is 0.231 e. The Hall–Kier alpha value is -2.90. The normalized spacial score (nSPS) is 12.1. The summed E-state index contributed by atoms with van der Waals surface area (Å²) in [5, 5.41) is 17.0. The number of amides is 1. The smallest absolute Gasteiger partial charge is 0.231 e. The molecule has 0 saturated carbocycles. The van der Waals surface area contributed by atoms with Crippen molar-refractivity contribution >= 4 is 34.9 Å². The van der Waals surface area contributed by atoms with E-state index in [1.54, 1.807) is 4.52 Å². The monoisotopic (exact) mass is 423 g/mol. The molecule has 146 valence electrons. The van der Waals surface area contributed by atoms with Gasteiger partial charge in [0.2, 0.25) is 5.91 Å². The number of thioether (sulfide) groups is 1. The number of carbonyl (C=O) groups is 1. The van der Waals surface area contributed by atoms with Crippen LogP contribution in [0.4, 0.5) is 0 Å². The minimum Gasteiger partial charge on any atom is -0.344 e. The molecule has 0 radical (unpaired) electrons. The number of carbonyl (C=O) groups excluding carboxylic acids is 1. The number of benzene rings is 2. The number of fused-ring (bicyclic) bond motifs is 1. The highest BCUT2D eigenvalue weighted by atomic mass is 35.5. The molecule has 0 aliphatic rings. The number of aryl methyl sites for hydroxylation is 1. The van der Waals surface area contributed by atoms with Gasteiger partial charge < -0.3 is 5.32 Å². The number of hydrogen-bond donors (Lipinski definition) is 1. The largest absolute Gasteiger partial charge is 0.344 e. The molecular formula is C21H18ClN5OS. The van der Waals surface area contributed by atoms with Crippen LogP contribution in [0.3, 0.4) is 0 Å². The highest BCUT2D eigenvalue weighted by Crippen LogP contribution is 2.24. The fourth-order valence-corrected chi connectivity index (χ4v) is 3.75. The fraction of sp³-hybridized carbons (Fsp3) is 0.143. The molecular weight excluding hydrogens is 406 g/mol. The molecule has 2 heterocycles. The van der Waals surface area contributed by atoms with Crippen LogP contribution in [-0.2, 0) is 4.79 Å². The summed E-state index contributed by atoms with van der Waals surface area (Å²) in [6.45, 7) is 1.84. The molecule has 0 bridgehead atoms. The highest BCUT2D eigenvalue weighted by Gasteiger charge is 2.17. The first-order valence-corrected chi connectivity index (χ1v) is 10.4. The Morgan fingerprint density at radius 3 is 2.52 bits per heavy atom. The summed E-state index contributed by atoms with van der Waals surface area (Å²) in [5.74, 6) is 0.872. The quantitative estimate of drug-likeness (QED) is 0.473. The number of halogens is 1. The average Bonchev–Trinajstić information content (AvgIpc) is 3.12. The third kappa shape index (κ3) is 4.58. The first kappa shape index (κ1) is 19.4. The van der Waals surface area contributed by atoms with E-state index < -0.39 is 0 Å². The number of nitrogens with zero attached hydrogens (tertiary/aromatic N) is 4. The van der Waals surface area contributed by atoms with E-state index in [0.717, 1.165) is 16.2 Å². The molecule has 2 aromatic carbocycles. The van der Waals surface area contributed by atoms with Crippen molar-refractivity contribution in [1.29, 1.82) is 0 Å². The van der Waals surface area contributed by atoms with Gasteiger partial charge in [-0.15, -0.1) is 10.2 Å². The topological polar surface area (TPSA) is 72.2 Å². The summed E-state index contributed by atoms with van der Waals surface area (Å²) in [4.78, 5) is 12.7. The number of rotatable bonds is 6. The molecule has 0 aliphatic carbocycles. The van der Waals surface area contributed by atoms with Crippen LogP contribution in [0, 0.1) is 6.92 Å². The van der Waals surface area contributed by atoms with Gasteiger partial charge in [-0.1, -0.05) is 65.8 Å². The molecule has 8 heteroatoms. The summed E-state index contributed by atoms with van der Waals surface area (Å²) in [7, 11) is 0. The molecule has 1 unspecified atom stereocenters. The Morgan fingerprint density at radius 1 is 1.03 bits per heavy atom. The second-order valence-electron chi connectivity index (χ2n) is 6.44. The van der Waals surface area contributed by atoms with Gasteiger partial charge in [-0.3, -0.25) is 4.79 Å². The SMILES string of the molecule is Cc1nnc2ccc(SCC(=O)NC(c3ccccc3)c3ccc(Cl)cc3)nn12. The van der Waals surface area contributed by atoms with Crippen LogP contribution >= 0.6 is 23.4 Å². The summed E-state index contributed by atoms with van der Waals surface area (Å²) >= 11 is 7.39. The molecule has 1 N–H and O–H groups in total. The van der Waals surface area contributed by atoms with E-state index in [9.17, 15) is 4.79 Å². The highest BCUT2D eigenvalue weighted by molar-refractivity contribution is 7.99. The van der Waals surface area contributed by atoms with E-state index in [1.807, 2.05) is 73.7 Å². The summed E-state index contributed by atoms with van der Waals surface area (Å²) in [6, 6.07) is 20.8. The van der Waals surface area contributed by atoms with Crippen molar-refractivity contribution in [1.82, 2.24) is 25.1 Å².